The van der Waals surface area contributed by atoms with Crippen molar-refractivity contribution in [1.29, 1.82) is 0 Å². The monoisotopic (exact) mass is 446 g/mol. The van der Waals surface area contributed by atoms with Crippen molar-refractivity contribution in [2.24, 2.45) is 0 Å². The second-order valence-corrected chi connectivity index (χ2v) is 8.68. The predicted octanol–water partition coefficient (Wildman–Crippen LogP) is 3.54. The van der Waals surface area contributed by atoms with Crippen LogP contribution in [-0.2, 0) is 6.54 Å². The number of benzene rings is 3. The molecule has 0 aliphatic carbocycles. The number of anilines is 1. The first-order valence-electron chi connectivity index (χ1n) is 11.1. The molecule has 3 aliphatic rings. The Labute approximate surface area is 190 Å². The van der Waals surface area contributed by atoms with E-state index in [4.69, 9.17) is 9.47 Å². The third-order valence-electron chi connectivity index (χ3n) is 6.96. The quantitative estimate of drug-likeness (QED) is 0.664. The van der Waals surface area contributed by atoms with Gasteiger partial charge in [0.15, 0.2) is 11.5 Å². The van der Waals surface area contributed by atoms with Crippen LogP contribution in [0, 0.1) is 5.82 Å². The van der Waals surface area contributed by atoms with E-state index in [1.54, 1.807) is 4.90 Å². The molecular formula is C26H23FN2O4. The van der Waals surface area contributed by atoms with Gasteiger partial charge >= 0.3 is 0 Å². The largest absolute Gasteiger partial charge is 0.454 e. The number of fused-ring (bicyclic) bond motifs is 4. The summed E-state index contributed by atoms with van der Waals surface area (Å²) in [5, 5.41) is 10.2. The molecule has 3 atom stereocenters. The van der Waals surface area contributed by atoms with Crippen LogP contribution < -0.4 is 14.4 Å². The molecule has 0 saturated carbocycles. The van der Waals surface area contributed by atoms with Crippen LogP contribution in [0.1, 0.15) is 27.4 Å². The molecule has 0 bridgehead atoms. The molecule has 6 nitrogen and oxygen atoms in total. The molecule has 1 N–H and O–H groups in total. The number of likely N-dealkylation sites (tertiary alicyclic amines) is 1. The zero-order valence-corrected chi connectivity index (χ0v) is 17.9. The highest BCUT2D eigenvalue weighted by Gasteiger charge is 2.53. The predicted molar refractivity (Wildman–Crippen MR) is 120 cm³/mol. The Morgan fingerprint density at radius 3 is 2.64 bits per heavy atom. The van der Waals surface area contributed by atoms with Crippen molar-refractivity contribution >= 4 is 11.6 Å². The fourth-order valence-corrected chi connectivity index (χ4v) is 5.39. The highest BCUT2D eigenvalue weighted by molar-refractivity contribution is 6.07. The van der Waals surface area contributed by atoms with Crippen LogP contribution in [0.15, 0.2) is 66.7 Å². The molecule has 1 saturated heterocycles. The van der Waals surface area contributed by atoms with Crippen LogP contribution in [0.4, 0.5) is 10.1 Å². The molecule has 0 radical (unpaired) electrons. The second kappa shape index (κ2) is 7.86. The Morgan fingerprint density at radius 1 is 1.03 bits per heavy atom. The number of nitrogens with zero attached hydrogens (tertiary/aromatic N) is 2. The van der Waals surface area contributed by atoms with Crippen molar-refractivity contribution in [2.75, 3.05) is 24.8 Å². The van der Waals surface area contributed by atoms with Crippen molar-refractivity contribution in [2.45, 2.75) is 24.5 Å². The lowest BCUT2D eigenvalue weighted by atomic mass is 9.71. The summed E-state index contributed by atoms with van der Waals surface area (Å²) in [5.41, 5.74) is 3.43. The minimum Gasteiger partial charge on any atom is -0.454 e. The first kappa shape index (κ1) is 20.2. The van der Waals surface area contributed by atoms with Gasteiger partial charge in [-0.2, -0.15) is 0 Å². The Bertz CT molecular complexity index is 1220. The topological polar surface area (TPSA) is 62.2 Å². The Morgan fingerprint density at radius 2 is 1.82 bits per heavy atom. The van der Waals surface area contributed by atoms with Crippen molar-refractivity contribution in [3.05, 3.63) is 89.2 Å². The van der Waals surface area contributed by atoms with Crippen molar-refractivity contribution in [1.82, 2.24) is 4.90 Å². The number of para-hydroxylation sites is 1. The smallest absolute Gasteiger partial charge is 0.258 e. The summed E-state index contributed by atoms with van der Waals surface area (Å²) >= 11 is 0. The molecule has 0 spiro atoms. The van der Waals surface area contributed by atoms with Gasteiger partial charge in [-0.1, -0.05) is 24.3 Å². The maximum Gasteiger partial charge on any atom is 0.258 e. The first-order chi connectivity index (χ1) is 16.1. The third-order valence-corrected chi connectivity index (χ3v) is 6.96. The number of carbonyl (C=O) groups excluding carboxylic acids is 1. The van der Waals surface area contributed by atoms with E-state index in [0.717, 1.165) is 28.3 Å². The Kier molecular flexibility index (Phi) is 4.81. The molecule has 1 amide bonds. The SMILES string of the molecule is O=C(c1ccc(F)cc1)N1C[C@@H]2[C@H](c3ccccc31)[C@H](CO)N2Cc1ccc2c(c1)OCO2. The fraction of sp³-hybridized carbons (Fsp3) is 0.269. The van der Waals surface area contributed by atoms with Gasteiger partial charge in [0, 0.05) is 42.3 Å². The average molecular weight is 446 g/mol. The molecule has 168 valence electrons. The van der Waals surface area contributed by atoms with E-state index >= 15 is 0 Å². The van der Waals surface area contributed by atoms with Crippen LogP contribution in [0.3, 0.4) is 0 Å². The molecule has 6 rings (SSSR count). The number of rotatable bonds is 4. The summed E-state index contributed by atoms with van der Waals surface area (Å²) in [6.45, 7) is 1.39. The molecule has 33 heavy (non-hydrogen) atoms. The number of hydrogen-bond acceptors (Lipinski definition) is 5. The lowest BCUT2D eigenvalue weighted by Crippen LogP contribution is -2.68. The van der Waals surface area contributed by atoms with Crippen LogP contribution >= 0.6 is 0 Å². The van der Waals surface area contributed by atoms with Gasteiger partial charge in [0.25, 0.3) is 5.91 Å². The van der Waals surface area contributed by atoms with E-state index in [-0.39, 0.29) is 43.1 Å². The third kappa shape index (κ3) is 3.27. The number of hydrogen-bond donors (Lipinski definition) is 1. The first-order valence-corrected chi connectivity index (χ1v) is 11.1. The minimum absolute atomic E-state index is 0.0337. The second-order valence-electron chi connectivity index (χ2n) is 8.68. The van der Waals surface area contributed by atoms with Gasteiger partial charge in [-0.05, 0) is 53.6 Å². The highest BCUT2D eigenvalue weighted by atomic mass is 19.1. The van der Waals surface area contributed by atoms with Crippen LogP contribution in [0.25, 0.3) is 0 Å². The highest BCUT2D eigenvalue weighted by Crippen LogP contribution is 2.49. The normalized spacial score (nSPS) is 23.0. The summed E-state index contributed by atoms with van der Waals surface area (Å²) in [6, 6.07) is 19.4. The molecule has 0 aromatic heterocycles. The van der Waals surface area contributed by atoms with Gasteiger partial charge < -0.3 is 19.5 Å². The Hall–Kier alpha value is -3.42. The number of aliphatic hydroxyl groups is 1. The van der Waals surface area contributed by atoms with Gasteiger partial charge in [-0.15, -0.1) is 0 Å². The number of ether oxygens (including phenoxy) is 2. The lowest BCUT2D eigenvalue weighted by Gasteiger charge is -2.59. The Balaban J connectivity index is 1.32. The molecule has 1 fully saturated rings. The van der Waals surface area contributed by atoms with Gasteiger partial charge in [0.05, 0.1) is 6.61 Å². The maximum atomic E-state index is 13.4. The fourth-order valence-electron chi connectivity index (χ4n) is 5.39. The number of halogens is 1. The standard InChI is InChI=1S/C26H23FN2O4/c27-18-8-6-17(7-9-18)26(31)29-13-21-25(19-3-1-2-4-20(19)29)22(14-30)28(21)12-16-5-10-23-24(11-16)33-15-32-23/h1-11,21-22,25,30H,12-15H2/t21-,22+,25+/m1/s1. The summed E-state index contributed by atoms with van der Waals surface area (Å²) in [7, 11) is 0. The van der Waals surface area contributed by atoms with E-state index in [1.807, 2.05) is 42.5 Å². The summed E-state index contributed by atoms with van der Waals surface area (Å²) < 4.78 is 24.3. The maximum absolute atomic E-state index is 13.4. The van der Waals surface area contributed by atoms with E-state index < -0.39 is 0 Å². The van der Waals surface area contributed by atoms with E-state index in [1.165, 1.54) is 24.3 Å². The molecule has 3 heterocycles. The molecular weight excluding hydrogens is 423 g/mol. The number of aliphatic hydroxyl groups excluding tert-OH is 1. The van der Waals surface area contributed by atoms with Crippen LogP contribution in [-0.4, -0.2) is 47.9 Å². The summed E-state index contributed by atoms with van der Waals surface area (Å²) in [6.07, 6.45) is 0. The molecule has 3 aromatic carbocycles. The van der Waals surface area contributed by atoms with Crippen LogP contribution in [0.2, 0.25) is 0 Å². The van der Waals surface area contributed by atoms with E-state index in [9.17, 15) is 14.3 Å². The van der Waals surface area contributed by atoms with Gasteiger partial charge in [0.2, 0.25) is 6.79 Å². The van der Waals surface area contributed by atoms with Crippen molar-refractivity contribution < 1.29 is 23.8 Å². The van der Waals surface area contributed by atoms with E-state index in [0.29, 0.717) is 18.7 Å². The van der Waals surface area contributed by atoms with E-state index in [2.05, 4.69) is 4.90 Å². The molecule has 3 aliphatic heterocycles. The van der Waals surface area contributed by atoms with Crippen LogP contribution in [0.5, 0.6) is 11.5 Å². The molecule has 7 heteroatoms. The van der Waals surface area contributed by atoms with Gasteiger partial charge in [-0.25, -0.2) is 4.39 Å². The zero-order valence-electron chi connectivity index (χ0n) is 17.9. The zero-order chi connectivity index (χ0) is 22.5. The summed E-state index contributed by atoms with van der Waals surface area (Å²) in [4.78, 5) is 17.4. The number of carbonyl (C=O) groups is 1. The average Bonchev–Trinajstić information content (AvgIpc) is 3.30. The van der Waals surface area contributed by atoms with Crippen molar-refractivity contribution in [3.8, 4) is 11.5 Å². The summed E-state index contributed by atoms with van der Waals surface area (Å²) in [5.74, 6) is 1.08. The number of amides is 1. The molecule has 3 aromatic rings. The van der Waals surface area contributed by atoms with Crippen molar-refractivity contribution in [3.63, 3.8) is 0 Å². The van der Waals surface area contributed by atoms with Gasteiger partial charge in [0.1, 0.15) is 5.82 Å². The lowest BCUT2D eigenvalue weighted by molar-refractivity contribution is -0.0488. The minimum atomic E-state index is -0.370. The molecule has 0 unspecified atom stereocenters. The van der Waals surface area contributed by atoms with Gasteiger partial charge in [-0.3, -0.25) is 9.69 Å².